The van der Waals surface area contributed by atoms with Crippen molar-refractivity contribution in [2.75, 3.05) is 6.61 Å². The molecule has 174 valence electrons. The first-order valence-corrected chi connectivity index (χ1v) is 13.2. The molecule has 0 spiro atoms. The molecule has 0 saturated heterocycles. The summed E-state index contributed by atoms with van der Waals surface area (Å²) in [5, 5.41) is 0. The van der Waals surface area contributed by atoms with Crippen LogP contribution in [0.1, 0.15) is 53.0 Å². The van der Waals surface area contributed by atoms with Gasteiger partial charge in [0, 0.05) is 47.7 Å². The fraction of sp³-hybridized carbons (Fsp3) is 0.536. The molecule has 1 aromatic rings. The molecule has 0 aliphatic heterocycles. The van der Waals surface area contributed by atoms with Crippen LogP contribution in [0, 0.1) is 29.6 Å². The Morgan fingerprint density at radius 3 is 2.88 bits per heavy atom. The molecule has 1 N–H and O–H groups in total. The summed E-state index contributed by atoms with van der Waals surface area (Å²) in [5.41, 5.74) is 4.40. The maximum absolute atomic E-state index is 6.10. The van der Waals surface area contributed by atoms with Crippen LogP contribution in [-0.2, 0) is 11.2 Å². The van der Waals surface area contributed by atoms with Gasteiger partial charge in [-0.25, -0.2) is 0 Å². The van der Waals surface area contributed by atoms with Gasteiger partial charge in [0.25, 0.3) is 0 Å². The van der Waals surface area contributed by atoms with Crippen molar-refractivity contribution in [1.82, 2.24) is 8.51 Å². The molecule has 1 saturated carbocycles. The van der Waals surface area contributed by atoms with Crippen LogP contribution in [0.5, 0.6) is 0 Å². The lowest BCUT2D eigenvalue weighted by Crippen LogP contribution is -2.35. The number of pyridine rings is 1. The van der Waals surface area contributed by atoms with Crippen molar-refractivity contribution in [3.63, 3.8) is 0 Å². The maximum Gasteiger partial charge on any atom is 0.114 e. The lowest BCUT2D eigenvalue weighted by molar-refractivity contribution is 0.227. The number of nitrogens with one attached hydrogen (secondary N) is 1. The molecule has 1 heterocycles. The predicted molar refractivity (Wildman–Crippen MR) is 143 cm³/mol. The lowest BCUT2D eigenvalue weighted by atomic mass is 9.79. The molecule has 1 aromatic heterocycles. The van der Waals surface area contributed by atoms with Crippen molar-refractivity contribution >= 4 is 22.9 Å². The summed E-state index contributed by atoms with van der Waals surface area (Å²) in [7, 11) is 0. The Balaban J connectivity index is 1.73. The Morgan fingerprint density at radius 2 is 2.22 bits per heavy atom. The minimum atomic E-state index is 0.339. The van der Waals surface area contributed by atoms with E-state index in [1.165, 1.54) is 5.56 Å². The average Bonchev–Trinajstić information content (AvgIpc) is 3.50. The number of halogens is 1. The standard InChI is InChI=1S/C28H39IN2O/c1-6-19(3)24(14-13-23(7-2)32-17-15-22-10-9-16-30-18-22)28(31-29)26-12-8-11-25-20(4)27(25)21(26)5/h7-11,13-14,16,18-20,24-25,27-28,31H,6,12,15,17H2,1-5H3/b14-13+,23-7-. The average molecular weight is 547 g/mol. The van der Waals surface area contributed by atoms with Crippen molar-refractivity contribution in [3.05, 3.63) is 77.4 Å². The van der Waals surface area contributed by atoms with Gasteiger partial charge in [-0.3, -0.25) is 8.51 Å². The number of aromatic nitrogens is 1. The summed E-state index contributed by atoms with van der Waals surface area (Å²) in [6, 6.07) is 4.41. The quantitative estimate of drug-likeness (QED) is 0.105. The van der Waals surface area contributed by atoms with Crippen molar-refractivity contribution in [2.24, 2.45) is 29.6 Å². The molecule has 6 atom stereocenters. The maximum atomic E-state index is 6.10. The number of ether oxygens (including phenoxy) is 1. The third-order valence-corrected chi connectivity index (χ3v) is 8.15. The molecule has 4 heteroatoms. The minimum absolute atomic E-state index is 0.339. The molecular formula is C28H39IN2O. The van der Waals surface area contributed by atoms with Gasteiger partial charge in [0.2, 0.25) is 0 Å². The summed E-state index contributed by atoms with van der Waals surface area (Å²) in [4.78, 5) is 4.19. The molecule has 0 bridgehead atoms. The zero-order valence-corrected chi connectivity index (χ0v) is 22.4. The van der Waals surface area contributed by atoms with Crippen molar-refractivity contribution in [1.29, 1.82) is 0 Å². The molecule has 3 nitrogen and oxygen atoms in total. The Hall–Kier alpha value is -1.40. The first-order chi connectivity index (χ1) is 15.5. The monoisotopic (exact) mass is 546 g/mol. The number of hydrogen-bond acceptors (Lipinski definition) is 3. The highest BCUT2D eigenvalue weighted by atomic mass is 127. The van der Waals surface area contributed by atoms with Crippen LogP contribution in [0.4, 0.5) is 0 Å². The first-order valence-electron chi connectivity index (χ1n) is 12.1. The summed E-state index contributed by atoms with van der Waals surface area (Å²) >= 11 is 2.37. The Morgan fingerprint density at radius 1 is 1.41 bits per heavy atom. The fourth-order valence-corrected chi connectivity index (χ4v) is 5.90. The van der Waals surface area contributed by atoms with E-state index in [1.54, 1.807) is 11.1 Å². The Bertz CT molecular complexity index is 857. The third kappa shape index (κ3) is 6.13. The fourth-order valence-electron chi connectivity index (χ4n) is 5.11. The zero-order chi connectivity index (χ0) is 23.1. The summed E-state index contributed by atoms with van der Waals surface area (Å²) in [6.07, 6.45) is 18.3. The highest BCUT2D eigenvalue weighted by Crippen LogP contribution is 2.54. The zero-order valence-electron chi connectivity index (χ0n) is 20.2. The molecule has 6 unspecified atom stereocenters. The first kappa shape index (κ1) is 25.2. The Kier molecular flexibility index (Phi) is 9.60. The van der Waals surface area contributed by atoms with Gasteiger partial charge in [-0.05, 0) is 79.2 Å². The molecule has 3 rings (SSSR count). The van der Waals surface area contributed by atoms with E-state index in [9.17, 15) is 0 Å². The molecule has 32 heavy (non-hydrogen) atoms. The predicted octanol–water partition coefficient (Wildman–Crippen LogP) is 7.23. The number of allylic oxidation sites excluding steroid dienone is 5. The van der Waals surface area contributed by atoms with Gasteiger partial charge in [-0.2, -0.15) is 0 Å². The topological polar surface area (TPSA) is 34.1 Å². The summed E-state index contributed by atoms with van der Waals surface area (Å²) < 4.78 is 9.76. The van der Waals surface area contributed by atoms with E-state index < -0.39 is 0 Å². The molecule has 0 aromatic carbocycles. The number of hydrogen-bond donors (Lipinski definition) is 1. The van der Waals surface area contributed by atoms with E-state index in [0.717, 1.165) is 42.8 Å². The summed E-state index contributed by atoms with van der Waals surface area (Å²) in [6.45, 7) is 12.2. The van der Waals surface area contributed by atoms with E-state index in [2.05, 4.69) is 95.5 Å². The molecule has 1 fully saturated rings. The molecule has 0 radical (unpaired) electrons. The SMILES string of the molecule is C/C=C(/C=C/C(C(C)CC)C(NI)C1=C(C)C2C(C)C2C=CC1)OCCc1cccnc1. The van der Waals surface area contributed by atoms with Crippen LogP contribution in [-0.4, -0.2) is 17.6 Å². The minimum Gasteiger partial charge on any atom is -0.494 e. The van der Waals surface area contributed by atoms with E-state index in [0.29, 0.717) is 24.5 Å². The van der Waals surface area contributed by atoms with Crippen LogP contribution in [0.2, 0.25) is 0 Å². The number of nitrogens with zero attached hydrogens (tertiary/aromatic N) is 1. The Labute approximate surface area is 209 Å². The lowest BCUT2D eigenvalue weighted by Gasteiger charge is -2.31. The highest BCUT2D eigenvalue weighted by molar-refractivity contribution is 14.1. The van der Waals surface area contributed by atoms with E-state index in [-0.39, 0.29) is 0 Å². The second-order valence-corrected chi connectivity index (χ2v) is 9.99. The second-order valence-electron chi connectivity index (χ2n) is 9.36. The van der Waals surface area contributed by atoms with Crippen LogP contribution in [0.25, 0.3) is 0 Å². The molecule has 0 amide bonds. The molecule has 2 aliphatic rings. The molecular weight excluding hydrogens is 507 g/mol. The van der Waals surface area contributed by atoms with Crippen LogP contribution in [0.3, 0.4) is 0 Å². The second kappa shape index (κ2) is 12.2. The van der Waals surface area contributed by atoms with Gasteiger partial charge in [0.1, 0.15) is 5.76 Å². The van der Waals surface area contributed by atoms with Crippen LogP contribution in [0.15, 0.2) is 71.8 Å². The van der Waals surface area contributed by atoms with Gasteiger partial charge < -0.3 is 4.74 Å². The van der Waals surface area contributed by atoms with Gasteiger partial charge in [-0.15, -0.1) is 0 Å². The van der Waals surface area contributed by atoms with E-state index >= 15 is 0 Å². The largest absolute Gasteiger partial charge is 0.494 e. The third-order valence-electron chi connectivity index (χ3n) is 7.48. The number of fused-ring (bicyclic) bond motifs is 1. The van der Waals surface area contributed by atoms with E-state index in [4.69, 9.17) is 4.74 Å². The number of rotatable bonds is 11. The van der Waals surface area contributed by atoms with E-state index in [1.807, 2.05) is 25.4 Å². The van der Waals surface area contributed by atoms with Gasteiger partial charge in [0.15, 0.2) is 0 Å². The highest BCUT2D eigenvalue weighted by Gasteiger charge is 2.47. The molecule has 2 aliphatic carbocycles. The smallest absolute Gasteiger partial charge is 0.114 e. The van der Waals surface area contributed by atoms with Crippen LogP contribution < -0.4 is 3.53 Å². The van der Waals surface area contributed by atoms with Gasteiger partial charge in [0.05, 0.1) is 6.61 Å². The summed E-state index contributed by atoms with van der Waals surface area (Å²) in [5.74, 6) is 4.21. The van der Waals surface area contributed by atoms with Gasteiger partial charge in [-0.1, -0.05) is 57.1 Å². The normalized spacial score (nSPS) is 25.9. The van der Waals surface area contributed by atoms with Crippen molar-refractivity contribution in [2.45, 2.75) is 59.9 Å². The van der Waals surface area contributed by atoms with Crippen molar-refractivity contribution in [3.8, 4) is 0 Å². The van der Waals surface area contributed by atoms with Crippen LogP contribution >= 0.6 is 22.9 Å². The van der Waals surface area contributed by atoms with Gasteiger partial charge >= 0.3 is 0 Å². The van der Waals surface area contributed by atoms with Crippen molar-refractivity contribution < 1.29 is 4.74 Å².